The SMILES string of the molecule is c1csc([C@H]2c3ccsc3CCN2Cc2cn3ccccc3n2)c1. The zero-order chi connectivity index (χ0) is 15.9. The average molecular weight is 352 g/mol. The van der Waals surface area contributed by atoms with Crippen LogP contribution in [0.5, 0.6) is 0 Å². The van der Waals surface area contributed by atoms with Crippen LogP contribution in [0.25, 0.3) is 5.65 Å². The van der Waals surface area contributed by atoms with Crippen LogP contribution >= 0.6 is 22.7 Å². The lowest BCUT2D eigenvalue weighted by atomic mass is 9.98. The summed E-state index contributed by atoms with van der Waals surface area (Å²) in [5.74, 6) is 0. The van der Waals surface area contributed by atoms with Gasteiger partial charge in [0.1, 0.15) is 5.65 Å². The molecule has 4 aromatic heterocycles. The third-order valence-corrected chi connectivity index (χ3v) is 6.58. The maximum absolute atomic E-state index is 4.79. The van der Waals surface area contributed by atoms with Crippen molar-refractivity contribution in [2.75, 3.05) is 6.54 Å². The van der Waals surface area contributed by atoms with Crippen molar-refractivity contribution >= 4 is 28.3 Å². The molecule has 5 rings (SSSR count). The Morgan fingerprint density at radius 1 is 1.08 bits per heavy atom. The summed E-state index contributed by atoms with van der Waals surface area (Å²) < 4.78 is 2.11. The van der Waals surface area contributed by atoms with Crippen LogP contribution in [0.2, 0.25) is 0 Å². The molecule has 0 aliphatic carbocycles. The first-order chi connectivity index (χ1) is 11.9. The van der Waals surface area contributed by atoms with E-state index in [1.54, 1.807) is 4.88 Å². The summed E-state index contributed by atoms with van der Waals surface area (Å²) in [4.78, 5) is 10.3. The van der Waals surface area contributed by atoms with E-state index < -0.39 is 0 Å². The molecule has 5 heterocycles. The molecule has 0 fully saturated rings. The van der Waals surface area contributed by atoms with Crippen LogP contribution in [0.1, 0.15) is 27.1 Å². The second-order valence-corrected chi connectivity index (χ2v) is 8.12. The van der Waals surface area contributed by atoms with Gasteiger partial charge in [0.2, 0.25) is 0 Å². The Bertz CT molecular complexity index is 935. The lowest BCUT2D eigenvalue weighted by molar-refractivity contribution is 0.207. The van der Waals surface area contributed by atoms with Gasteiger partial charge in [-0.05, 0) is 47.0 Å². The average Bonchev–Trinajstić information content (AvgIpc) is 3.34. The van der Waals surface area contributed by atoms with E-state index in [2.05, 4.69) is 56.7 Å². The van der Waals surface area contributed by atoms with Crippen LogP contribution in [0.4, 0.5) is 0 Å². The lowest BCUT2D eigenvalue weighted by Gasteiger charge is -2.34. The molecule has 0 saturated carbocycles. The van der Waals surface area contributed by atoms with Gasteiger partial charge in [-0.1, -0.05) is 12.1 Å². The summed E-state index contributed by atoms with van der Waals surface area (Å²) in [6, 6.07) is 13.2. The van der Waals surface area contributed by atoms with Gasteiger partial charge in [0, 0.05) is 35.2 Å². The summed E-state index contributed by atoms with van der Waals surface area (Å²) in [5, 5.41) is 4.42. The first kappa shape index (κ1) is 14.4. The second-order valence-electron chi connectivity index (χ2n) is 6.14. The number of aromatic nitrogens is 2. The predicted molar refractivity (Wildman–Crippen MR) is 99.8 cm³/mol. The van der Waals surface area contributed by atoms with Gasteiger partial charge in [-0.15, -0.1) is 22.7 Å². The lowest BCUT2D eigenvalue weighted by Crippen LogP contribution is -2.34. The molecule has 0 aromatic carbocycles. The molecule has 3 nitrogen and oxygen atoms in total. The molecule has 0 N–H and O–H groups in total. The van der Waals surface area contributed by atoms with E-state index in [-0.39, 0.29) is 0 Å². The number of rotatable bonds is 3. The summed E-state index contributed by atoms with van der Waals surface area (Å²) in [5.41, 5.74) is 3.65. The topological polar surface area (TPSA) is 20.5 Å². The van der Waals surface area contributed by atoms with E-state index in [0.717, 1.165) is 30.9 Å². The maximum Gasteiger partial charge on any atom is 0.137 e. The molecular formula is C19H17N3S2. The third-order valence-electron chi connectivity index (χ3n) is 4.66. The first-order valence-corrected chi connectivity index (χ1v) is 9.91. The van der Waals surface area contributed by atoms with Crippen LogP contribution in [0.3, 0.4) is 0 Å². The number of imidazole rings is 1. The fraction of sp³-hybridized carbons (Fsp3) is 0.211. The van der Waals surface area contributed by atoms with Crippen LogP contribution in [0, 0.1) is 0 Å². The number of thiophene rings is 2. The minimum atomic E-state index is 0.366. The Labute approximate surface area is 148 Å². The molecule has 0 saturated heterocycles. The zero-order valence-electron chi connectivity index (χ0n) is 13.1. The monoisotopic (exact) mass is 351 g/mol. The normalized spacial score (nSPS) is 18.1. The predicted octanol–water partition coefficient (Wildman–Crippen LogP) is 4.61. The molecular weight excluding hydrogens is 334 g/mol. The number of fused-ring (bicyclic) bond motifs is 2. The summed E-state index contributed by atoms with van der Waals surface area (Å²) >= 11 is 3.75. The van der Waals surface area contributed by atoms with Gasteiger partial charge in [-0.3, -0.25) is 4.90 Å². The van der Waals surface area contributed by atoms with Crippen molar-refractivity contribution in [3.05, 3.63) is 80.6 Å². The van der Waals surface area contributed by atoms with Gasteiger partial charge in [-0.25, -0.2) is 4.98 Å². The highest BCUT2D eigenvalue weighted by Crippen LogP contribution is 2.40. The van der Waals surface area contributed by atoms with Gasteiger partial charge in [-0.2, -0.15) is 0 Å². The summed E-state index contributed by atoms with van der Waals surface area (Å²) in [6.07, 6.45) is 5.36. The molecule has 5 heteroatoms. The van der Waals surface area contributed by atoms with Crippen LogP contribution in [-0.2, 0) is 13.0 Å². The Kier molecular flexibility index (Phi) is 3.51. The van der Waals surface area contributed by atoms with E-state index in [0.29, 0.717) is 6.04 Å². The van der Waals surface area contributed by atoms with E-state index in [4.69, 9.17) is 4.98 Å². The number of pyridine rings is 1. The molecule has 0 unspecified atom stereocenters. The van der Waals surface area contributed by atoms with E-state index in [1.165, 1.54) is 10.4 Å². The number of hydrogen-bond acceptors (Lipinski definition) is 4. The molecule has 1 atom stereocenters. The maximum atomic E-state index is 4.79. The Morgan fingerprint density at radius 3 is 2.96 bits per heavy atom. The van der Waals surface area contributed by atoms with Crippen molar-refractivity contribution in [3.8, 4) is 0 Å². The molecule has 0 amide bonds. The number of hydrogen-bond donors (Lipinski definition) is 0. The molecule has 24 heavy (non-hydrogen) atoms. The van der Waals surface area contributed by atoms with Crippen LogP contribution in [-0.4, -0.2) is 20.8 Å². The molecule has 4 aromatic rings. The van der Waals surface area contributed by atoms with Crippen molar-refractivity contribution in [2.45, 2.75) is 19.0 Å². The van der Waals surface area contributed by atoms with Crippen molar-refractivity contribution in [3.63, 3.8) is 0 Å². The third kappa shape index (κ3) is 2.40. The molecule has 1 aliphatic rings. The Balaban J connectivity index is 1.52. The minimum absolute atomic E-state index is 0.366. The number of nitrogens with zero attached hydrogens (tertiary/aromatic N) is 3. The quantitative estimate of drug-likeness (QED) is 0.537. The largest absolute Gasteiger partial charge is 0.307 e. The van der Waals surface area contributed by atoms with Gasteiger partial charge in [0.25, 0.3) is 0 Å². The Hall–Kier alpha value is -1.95. The fourth-order valence-electron chi connectivity index (χ4n) is 3.59. The molecule has 120 valence electrons. The van der Waals surface area contributed by atoms with Crippen molar-refractivity contribution < 1.29 is 0 Å². The van der Waals surface area contributed by atoms with E-state index >= 15 is 0 Å². The highest BCUT2D eigenvalue weighted by molar-refractivity contribution is 7.10. The van der Waals surface area contributed by atoms with Gasteiger partial charge in [0.15, 0.2) is 0 Å². The Morgan fingerprint density at radius 2 is 2.08 bits per heavy atom. The standard InChI is InChI=1S/C19H17N3S2/c1-2-8-21-12-14(20-18(21)5-1)13-22-9-6-16-15(7-11-24-16)19(22)17-4-3-10-23-17/h1-5,7-8,10-12,19H,6,9,13H2/t19-/m1/s1. The molecule has 1 aliphatic heterocycles. The van der Waals surface area contributed by atoms with E-state index in [9.17, 15) is 0 Å². The zero-order valence-corrected chi connectivity index (χ0v) is 14.8. The van der Waals surface area contributed by atoms with Gasteiger partial charge in [0.05, 0.1) is 11.7 Å². The summed E-state index contributed by atoms with van der Waals surface area (Å²) in [6.45, 7) is 1.98. The highest BCUT2D eigenvalue weighted by Gasteiger charge is 2.30. The van der Waals surface area contributed by atoms with Crippen molar-refractivity contribution in [1.29, 1.82) is 0 Å². The van der Waals surface area contributed by atoms with Gasteiger partial charge >= 0.3 is 0 Å². The minimum Gasteiger partial charge on any atom is -0.307 e. The first-order valence-electron chi connectivity index (χ1n) is 8.15. The van der Waals surface area contributed by atoms with Gasteiger partial charge < -0.3 is 4.40 Å². The van der Waals surface area contributed by atoms with E-state index in [1.807, 2.05) is 34.8 Å². The van der Waals surface area contributed by atoms with Crippen LogP contribution in [0.15, 0.2) is 59.6 Å². The second kappa shape index (κ2) is 5.84. The van der Waals surface area contributed by atoms with Crippen molar-refractivity contribution in [1.82, 2.24) is 14.3 Å². The summed E-state index contributed by atoms with van der Waals surface area (Å²) in [7, 11) is 0. The highest BCUT2D eigenvalue weighted by atomic mass is 32.1. The molecule has 0 spiro atoms. The molecule has 0 bridgehead atoms. The fourth-order valence-corrected chi connectivity index (χ4v) is 5.37. The van der Waals surface area contributed by atoms with Crippen molar-refractivity contribution in [2.24, 2.45) is 0 Å². The molecule has 0 radical (unpaired) electrons. The van der Waals surface area contributed by atoms with Crippen LogP contribution < -0.4 is 0 Å². The smallest absolute Gasteiger partial charge is 0.137 e.